The van der Waals surface area contributed by atoms with Crippen LogP contribution < -0.4 is 5.32 Å². The average molecular weight is 171 g/mol. The second kappa shape index (κ2) is 5.55. The van der Waals surface area contributed by atoms with Crippen LogP contribution in [0.2, 0.25) is 0 Å². The summed E-state index contributed by atoms with van der Waals surface area (Å²) in [7, 11) is 3.23. The van der Waals surface area contributed by atoms with E-state index in [1.807, 2.05) is 7.05 Å². The van der Waals surface area contributed by atoms with Crippen molar-refractivity contribution in [3.63, 3.8) is 0 Å². The Hall–Kier alpha value is -0.0831. The lowest BCUT2D eigenvalue weighted by atomic mass is 10.1. The first-order valence-electron chi connectivity index (χ1n) is 4.47. The predicted molar refractivity (Wildman–Crippen MR) is 56.0 cm³/mol. The van der Waals surface area contributed by atoms with Gasteiger partial charge >= 0.3 is 0 Å². The third-order valence-corrected chi connectivity index (χ3v) is 3.67. The van der Waals surface area contributed by atoms with Crippen molar-refractivity contribution in [2.45, 2.75) is 33.2 Å². The maximum absolute atomic E-state index is 3.28. The van der Waals surface area contributed by atoms with Gasteiger partial charge < -0.3 is 5.32 Å². The predicted octanol–water partition coefficient (Wildman–Crippen LogP) is 0.890. The standard InChI is InChI=1S/C9H21NSi/c1-5-8(10-4)6-9(11)7(2)3/h6-8,10H,5H2,1-4,11H3. The quantitative estimate of drug-likeness (QED) is 0.620. The van der Waals surface area contributed by atoms with Crippen LogP contribution in [0, 0.1) is 5.92 Å². The van der Waals surface area contributed by atoms with Crippen molar-refractivity contribution in [3.05, 3.63) is 11.3 Å². The molecule has 1 N–H and O–H groups in total. The Labute approximate surface area is 73.7 Å². The van der Waals surface area contributed by atoms with Crippen LogP contribution in [0.4, 0.5) is 0 Å². The summed E-state index contributed by atoms with van der Waals surface area (Å²) in [5.41, 5.74) is 0. The van der Waals surface area contributed by atoms with Gasteiger partial charge in [0.15, 0.2) is 0 Å². The molecule has 1 unspecified atom stereocenters. The molecule has 0 spiro atoms. The van der Waals surface area contributed by atoms with E-state index in [-0.39, 0.29) is 0 Å². The molecular formula is C9H21NSi. The van der Waals surface area contributed by atoms with E-state index in [9.17, 15) is 0 Å². The van der Waals surface area contributed by atoms with Gasteiger partial charge in [-0.1, -0.05) is 32.0 Å². The van der Waals surface area contributed by atoms with E-state index in [4.69, 9.17) is 0 Å². The Bertz CT molecular complexity index is 126. The Morgan fingerprint density at radius 1 is 1.55 bits per heavy atom. The summed E-state index contributed by atoms with van der Waals surface area (Å²) < 4.78 is 0. The van der Waals surface area contributed by atoms with E-state index < -0.39 is 0 Å². The summed E-state index contributed by atoms with van der Waals surface area (Å²) in [5, 5.41) is 4.90. The highest BCUT2D eigenvalue weighted by Crippen LogP contribution is 2.06. The molecule has 0 aliphatic carbocycles. The number of allylic oxidation sites excluding steroid dienone is 1. The van der Waals surface area contributed by atoms with Gasteiger partial charge in [0.1, 0.15) is 0 Å². The normalized spacial score (nSPS) is 15.9. The maximum atomic E-state index is 3.28. The van der Waals surface area contributed by atoms with Gasteiger partial charge in [-0.05, 0) is 19.4 Å². The monoisotopic (exact) mass is 171 g/mol. The highest BCUT2D eigenvalue weighted by atomic mass is 28.1. The fourth-order valence-corrected chi connectivity index (χ4v) is 1.32. The van der Waals surface area contributed by atoms with E-state index in [2.05, 4.69) is 32.2 Å². The zero-order valence-corrected chi connectivity index (χ0v) is 10.4. The highest BCUT2D eigenvalue weighted by Gasteiger charge is 2.00. The molecule has 1 atom stereocenters. The van der Waals surface area contributed by atoms with Crippen LogP contribution in [0.3, 0.4) is 0 Å². The van der Waals surface area contributed by atoms with Gasteiger partial charge in [-0.25, -0.2) is 0 Å². The van der Waals surface area contributed by atoms with Crippen molar-refractivity contribution in [2.75, 3.05) is 7.05 Å². The van der Waals surface area contributed by atoms with Crippen LogP contribution in [-0.4, -0.2) is 23.3 Å². The molecule has 0 aromatic rings. The zero-order chi connectivity index (χ0) is 8.85. The zero-order valence-electron chi connectivity index (χ0n) is 8.44. The van der Waals surface area contributed by atoms with Gasteiger partial charge in [-0.2, -0.15) is 0 Å². The van der Waals surface area contributed by atoms with Crippen molar-refractivity contribution in [1.82, 2.24) is 5.32 Å². The number of hydrogen-bond donors (Lipinski definition) is 1. The van der Waals surface area contributed by atoms with Gasteiger partial charge in [-0.15, -0.1) is 0 Å². The Morgan fingerprint density at radius 2 is 2.09 bits per heavy atom. The fourth-order valence-electron chi connectivity index (χ4n) is 0.915. The minimum Gasteiger partial charge on any atom is -0.314 e. The first-order valence-corrected chi connectivity index (χ1v) is 5.47. The molecule has 0 aliphatic heterocycles. The van der Waals surface area contributed by atoms with Crippen LogP contribution in [0.1, 0.15) is 27.2 Å². The molecule has 0 aromatic carbocycles. The minimum atomic E-state index is 0.588. The van der Waals surface area contributed by atoms with Crippen molar-refractivity contribution in [2.24, 2.45) is 5.92 Å². The number of likely N-dealkylation sites (N-methyl/N-ethyl adjacent to an activating group) is 1. The van der Waals surface area contributed by atoms with Gasteiger partial charge in [-0.3, -0.25) is 0 Å². The average Bonchev–Trinajstić information content (AvgIpc) is 1.99. The van der Waals surface area contributed by atoms with Crippen molar-refractivity contribution in [3.8, 4) is 0 Å². The van der Waals surface area contributed by atoms with Gasteiger partial charge in [0.25, 0.3) is 0 Å². The molecule has 1 nitrogen and oxygen atoms in total. The molecule has 2 heteroatoms. The summed E-state index contributed by atoms with van der Waals surface area (Å²) >= 11 is 0. The topological polar surface area (TPSA) is 12.0 Å². The molecule has 11 heavy (non-hydrogen) atoms. The third kappa shape index (κ3) is 4.38. The van der Waals surface area contributed by atoms with Crippen LogP contribution in [0.15, 0.2) is 11.3 Å². The molecule has 0 aromatic heterocycles. The number of rotatable bonds is 4. The van der Waals surface area contributed by atoms with Gasteiger partial charge in [0.05, 0.1) is 0 Å². The largest absolute Gasteiger partial charge is 0.314 e. The van der Waals surface area contributed by atoms with Gasteiger partial charge in [0.2, 0.25) is 0 Å². The molecular weight excluding hydrogens is 150 g/mol. The molecule has 0 heterocycles. The highest BCUT2D eigenvalue weighted by molar-refractivity contribution is 6.21. The summed E-state index contributed by atoms with van der Waals surface area (Å²) in [6.07, 6.45) is 3.58. The lowest BCUT2D eigenvalue weighted by Gasteiger charge is -2.12. The van der Waals surface area contributed by atoms with Gasteiger partial charge in [0, 0.05) is 16.3 Å². The molecule has 0 fully saturated rings. The number of hydrogen-bond acceptors (Lipinski definition) is 1. The molecule has 0 amide bonds. The van der Waals surface area contributed by atoms with E-state index >= 15 is 0 Å². The first kappa shape index (κ1) is 10.9. The lowest BCUT2D eigenvalue weighted by molar-refractivity contribution is 0.638. The fraction of sp³-hybridized carbons (Fsp3) is 0.778. The van der Waals surface area contributed by atoms with E-state index in [1.54, 1.807) is 5.20 Å². The SMILES string of the molecule is CCC(C=C([SiH3])C(C)C)NC. The Kier molecular flexibility index (Phi) is 5.51. The Morgan fingerprint density at radius 3 is 2.36 bits per heavy atom. The molecule has 0 rings (SSSR count). The molecule has 0 aliphatic rings. The van der Waals surface area contributed by atoms with E-state index in [0.717, 1.165) is 5.92 Å². The van der Waals surface area contributed by atoms with Crippen LogP contribution >= 0.6 is 0 Å². The smallest absolute Gasteiger partial charge is 0.0333 e. The van der Waals surface area contributed by atoms with E-state index in [0.29, 0.717) is 6.04 Å². The van der Waals surface area contributed by atoms with Crippen LogP contribution in [0.5, 0.6) is 0 Å². The summed E-state index contributed by atoms with van der Waals surface area (Å²) in [5.74, 6) is 0.740. The van der Waals surface area contributed by atoms with Crippen molar-refractivity contribution < 1.29 is 0 Å². The summed E-state index contributed by atoms with van der Waals surface area (Å²) in [4.78, 5) is 0. The molecule has 0 saturated carbocycles. The van der Waals surface area contributed by atoms with Crippen molar-refractivity contribution in [1.29, 1.82) is 0 Å². The minimum absolute atomic E-state index is 0.588. The molecule has 66 valence electrons. The lowest BCUT2D eigenvalue weighted by Crippen LogP contribution is -2.22. The second-order valence-corrected chi connectivity index (χ2v) is 4.52. The second-order valence-electron chi connectivity index (χ2n) is 3.37. The third-order valence-electron chi connectivity index (χ3n) is 2.19. The summed E-state index contributed by atoms with van der Waals surface area (Å²) in [6.45, 7) is 6.75. The van der Waals surface area contributed by atoms with Crippen molar-refractivity contribution >= 4 is 10.2 Å². The van der Waals surface area contributed by atoms with Crippen LogP contribution in [-0.2, 0) is 0 Å². The maximum Gasteiger partial charge on any atom is 0.0333 e. The number of nitrogens with one attached hydrogen (secondary N) is 1. The summed E-state index contributed by atoms with van der Waals surface area (Å²) in [6, 6.07) is 0.588. The van der Waals surface area contributed by atoms with E-state index in [1.165, 1.54) is 16.7 Å². The van der Waals surface area contributed by atoms with Crippen LogP contribution in [0.25, 0.3) is 0 Å². The Balaban J connectivity index is 4.03. The molecule has 0 saturated heterocycles. The molecule has 0 radical (unpaired) electrons. The first-order chi connectivity index (χ1) is 5.11. The molecule has 0 bridgehead atoms.